The van der Waals surface area contributed by atoms with Gasteiger partial charge in [0.1, 0.15) is 5.82 Å². The molecule has 0 atom stereocenters. The Balaban J connectivity index is 1.40. The van der Waals surface area contributed by atoms with Crippen LogP contribution in [-0.2, 0) is 18.4 Å². The molecule has 1 aliphatic rings. The Bertz CT molecular complexity index is 719. The van der Waals surface area contributed by atoms with Gasteiger partial charge in [-0.25, -0.2) is 9.67 Å². The van der Waals surface area contributed by atoms with Crippen LogP contribution in [-0.4, -0.2) is 83.9 Å². The predicted molar refractivity (Wildman–Crippen MR) is 98.9 cm³/mol. The predicted octanol–water partition coefficient (Wildman–Crippen LogP) is 0.467. The monoisotopic (exact) mass is 378 g/mol. The summed E-state index contributed by atoms with van der Waals surface area (Å²) in [6, 6.07) is 0. The molecule has 0 aromatic carbocycles. The van der Waals surface area contributed by atoms with E-state index in [1.807, 2.05) is 17.3 Å². The zero-order valence-corrected chi connectivity index (χ0v) is 16.4. The fourth-order valence-electron chi connectivity index (χ4n) is 3.04. The Hall–Kier alpha value is -1.94. The highest BCUT2D eigenvalue weighted by Gasteiger charge is 2.21. The summed E-state index contributed by atoms with van der Waals surface area (Å²) in [7, 11) is 1.77. The van der Waals surface area contributed by atoms with E-state index in [4.69, 9.17) is 0 Å². The first kappa shape index (κ1) is 18.8. The molecule has 2 aromatic rings. The number of aromatic nitrogens is 6. The minimum atomic E-state index is 0.148. The Kier molecular flexibility index (Phi) is 6.25. The van der Waals surface area contributed by atoms with Crippen LogP contribution in [0.15, 0.2) is 17.6 Å². The van der Waals surface area contributed by atoms with E-state index in [0.29, 0.717) is 16.8 Å². The zero-order chi connectivity index (χ0) is 18.5. The second-order valence-corrected chi connectivity index (χ2v) is 7.67. The number of hydrogen-bond acceptors (Lipinski definition) is 7. The van der Waals surface area contributed by atoms with Crippen LogP contribution < -0.4 is 0 Å². The molecule has 2 aromatic heterocycles. The van der Waals surface area contributed by atoms with Crippen LogP contribution in [0.3, 0.4) is 0 Å². The average molecular weight is 379 g/mol. The van der Waals surface area contributed by atoms with Gasteiger partial charge in [0.25, 0.3) is 0 Å². The molecule has 0 aliphatic carbocycles. The lowest BCUT2D eigenvalue weighted by Gasteiger charge is -2.34. The summed E-state index contributed by atoms with van der Waals surface area (Å²) >= 11 is 1.38. The Labute approximate surface area is 157 Å². The standard InChI is InChI=1S/C16H26N8OS/c1-13(2)15-17-4-5-24(15)11-8-22-6-9-23(10-7-22)14(25)12-26-16-18-19-20-21(16)3/h4-5,13H,6-12H2,1-3H3. The highest BCUT2D eigenvalue weighted by Crippen LogP contribution is 2.15. The average Bonchev–Trinajstić information content (AvgIpc) is 3.27. The quantitative estimate of drug-likeness (QED) is 0.647. The van der Waals surface area contributed by atoms with Gasteiger partial charge >= 0.3 is 0 Å². The number of aryl methyl sites for hydroxylation is 1. The smallest absolute Gasteiger partial charge is 0.233 e. The van der Waals surface area contributed by atoms with Crippen molar-refractivity contribution in [2.24, 2.45) is 7.05 Å². The molecule has 1 aliphatic heterocycles. The summed E-state index contributed by atoms with van der Waals surface area (Å²) in [5.74, 6) is 2.09. The molecular weight excluding hydrogens is 352 g/mol. The molecule has 0 N–H and O–H groups in total. The van der Waals surface area contributed by atoms with Crippen LogP contribution in [0, 0.1) is 0 Å². The number of carbonyl (C=O) groups excluding carboxylic acids is 1. The number of imidazole rings is 1. The van der Waals surface area contributed by atoms with Crippen LogP contribution in [0.1, 0.15) is 25.6 Å². The fourth-order valence-corrected chi connectivity index (χ4v) is 3.79. The molecule has 26 heavy (non-hydrogen) atoms. The molecule has 1 saturated heterocycles. The van der Waals surface area contributed by atoms with Gasteiger partial charge in [-0.1, -0.05) is 25.6 Å². The van der Waals surface area contributed by atoms with E-state index >= 15 is 0 Å². The molecule has 9 nitrogen and oxygen atoms in total. The van der Waals surface area contributed by atoms with Gasteiger partial charge in [0.15, 0.2) is 0 Å². The normalized spacial score (nSPS) is 15.8. The molecule has 0 saturated carbocycles. The number of piperazine rings is 1. The lowest BCUT2D eigenvalue weighted by Crippen LogP contribution is -2.49. The molecule has 142 valence electrons. The first-order valence-electron chi connectivity index (χ1n) is 8.91. The van der Waals surface area contributed by atoms with Gasteiger partial charge in [-0.15, -0.1) is 5.10 Å². The van der Waals surface area contributed by atoms with Crippen molar-refractivity contribution in [3.05, 3.63) is 18.2 Å². The Morgan fingerprint density at radius 2 is 2.00 bits per heavy atom. The first-order valence-corrected chi connectivity index (χ1v) is 9.89. The number of amides is 1. The molecule has 10 heteroatoms. The third-order valence-corrected chi connectivity index (χ3v) is 5.55. The molecule has 0 bridgehead atoms. The molecule has 0 unspecified atom stereocenters. The van der Waals surface area contributed by atoms with Crippen molar-refractivity contribution in [3.63, 3.8) is 0 Å². The maximum Gasteiger partial charge on any atom is 0.233 e. The number of thioether (sulfide) groups is 1. The summed E-state index contributed by atoms with van der Waals surface area (Å²) in [6.07, 6.45) is 3.92. The molecule has 1 fully saturated rings. The topological polar surface area (TPSA) is 85.0 Å². The lowest BCUT2D eigenvalue weighted by atomic mass is 10.2. The molecule has 0 spiro atoms. The van der Waals surface area contributed by atoms with E-state index in [-0.39, 0.29) is 5.91 Å². The number of hydrogen-bond donors (Lipinski definition) is 0. The Morgan fingerprint density at radius 3 is 2.65 bits per heavy atom. The summed E-state index contributed by atoms with van der Waals surface area (Å²) in [4.78, 5) is 21.2. The van der Waals surface area contributed by atoms with Gasteiger partial charge in [0.05, 0.1) is 5.75 Å². The SMILES string of the molecule is CC(C)c1nccn1CCN1CCN(C(=O)CSc2nnnn2C)CC1. The van der Waals surface area contributed by atoms with Crippen molar-refractivity contribution in [3.8, 4) is 0 Å². The minimum absolute atomic E-state index is 0.148. The minimum Gasteiger partial charge on any atom is -0.339 e. The highest BCUT2D eigenvalue weighted by molar-refractivity contribution is 7.99. The first-order chi connectivity index (χ1) is 12.5. The van der Waals surface area contributed by atoms with Crippen LogP contribution in [0.4, 0.5) is 0 Å². The van der Waals surface area contributed by atoms with Crippen molar-refractivity contribution >= 4 is 17.7 Å². The second kappa shape index (κ2) is 8.63. The van der Waals surface area contributed by atoms with Gasteiger partial charge in [-0.2, -0.15) is 0 Å². The van der Waals surface area contributed by atoms with Gasteiger partial charge in [-0.05, 0) is 10.4 Å². The van der Waals surface area contributed by atoms with Crippen LogP contribution in [0.25, 0.3) is 0 Å². The number of nitrogens with zero attached hydrogens (tertiary/aromatic N) is 8. The van der Waals surface area contributed by atoms with Crippen molar-refractivity contribution in [1.29, 1.82) is 0 Å². The molecule has 1 amide bonds. The summed E-state index contributed by atoms with van der Waals surface area (Å²) in [5.41, 5.74) is 0. The molecule has 0 radical (unpaired) electrons. The van der Waals surface area contributed by atoms with Crippen LogP contribution in [0.2, 0.25) is 0 Å². The van der Waals surface area contributed by atoms with E-state index < -0.39 is 0 Å². The molecule has 3 heterocycles. The van der Waals surface area contributed by atoms with Crippen molar-refractivity contribution in [2.45, 2.75) is 31.5 Å². The van der Waals surface area contributed by atoms with Gasteiger partial charge in [-0.3, -0.25) is 9.69 Å². The van der Waals surface area contributed by atoms with E-state index in [2.05, 4.69) is 43.8 Å². The number of rotatable bonds is 7. The van der Waals surface area contributed by atoms with Crippen LogP contribution >= 0.6 is 11.8 Å². The molecule has 3 rings (SSSR count). The highest BCUT2D eigenvalue weighted by atomic mass is 32.2. The van der Waals surface area contributed by atoms with Crippen LogP contribution in [0.5, 0.6) is 0 Å². The molecular formula is C16H26N8OS. The van der Waals surface area contributed by atoms with Gasteiger partial charge in [0.2, 0.25) is 11.1 Å². The number of tetrazole rings is 1. The van der Waals surface area contributed by atoms with Crippen molar-refractivity contribution in [2.75, 3.05) is 38.5 Å². The van der Waals surface area contributed by atoms with E-state index in [0.717, 1.165) is 45.1 Å². The second-order valence-electron chi connectivity index (χ2n) is 6.73. The fraction of sp³-hybridized carbons (Fsp3) is 0.688. The van der Waals surface area contributed by atoms with Crippen molar-refractivity contribution in [1.82, 2.24) is 39.6 Å². The van der Waals surface area contributed by atoms with E-state index in [9.17, 15) is 4.79 Å². The lowest BCUT2D eigenvalue weighted by molar-refractivity contribution is -0.130. The Morgan fingerprint density at radius 1 is 1.23 bits per heavy atom. The van der Waals surface area contributed by atoms with E-state index in [1.54, 1.807) is 11.7 Å². The van der Waals surface area contributed by atoms with E-state index in [1.165, 1.54) is 11.8 Å². The number of carbonyl (C=O) groups is 1. The van der Waals surface area contributed by atoms with Gasteiger partial charge in [0, 0.05) is 64.6 Å². The maximum atomic E-state index is 12.4. The zero-order valence-electron chi connectivity index (χ0n) is 15.6. The van der Waals surface area contributed by atoms with Gasteiger partial charge < -0.3 is 9.47 Å². The largest absolute Gasteiger partial charge is 0.339 e. The summed E-state index contributed by atoms with van der Waals surface area (Å²) < 4.78 is 3.81. The summed E-state index contributed by atoms with van der Waals surface area (Å²) in [5, 5.41) is 11.9. The van der Waals surface area contributed by atoms with Crippen molar-refractivity contribution < 1.29 is 4.79 Å². The maximum absolute atomic E-state index is 12.4. The third kappa shape index (κ3) is 4.61. The third-order valence-electron chi connectivity index (χ3n) is 4.55. The summed E-state index contributed by atoms with van der Waals surface area (Å²) in [6.45, 7) is 9.63.